The fourth-order valence-corrected chi connectivity index (χ4v) is 7.63. The molecule has 8 aromatic carbocycles. The molecule has 0 heteroatoms. The van der Waals surface area contributed by atoms with Crippen molar-refractivity contribution in [3.05, 3.63) is 272 Å². The lowest BCUT2D eigenvalue weighted by molar-refractivity contribution is 0.385. The first-order valence-electron chi connectivity index (χ1n) is 26.5. The number of hydrogen-bond donors (Lipinski definition) is 0. The maximum absolute atomic E-state index is 2.36. The van der Waals surface area contributed by atoms with Crippen LogP contribution in [-0.4, -0.2) is 0 Å². The molecule has 0 radical (unpaired) electrons. The molecule has 0 saturated heterocycles. The van der Waals surface area contributed by atoms with Crippen molar-refractivity contribution in [2.45, 2.75) is 155 Å². The lowest BCUT2D eigenvalue weighted by atomic mass is 9.87. The van der Waals surface area contributed by atoms with Gasteiger partial charge in [-0.3, -0.25) is 0 Å². The number of aryl methyl sites for hydroxylation is 12. The zero-order valence-corrected chi connectivity index (χ0v) is 48.1. The van der Waals surface area contributed by atoms with E-state index in [1.54, 1.807) is 0 Å². The molecule has 9 rings (SSSR count). The minimum Gasteiger partial charge on any atom is -0.0625 e. The Hall–Kier alpha value is -6.24. The molecular formula is C72H94. The van der Waals surface area contributed by atoms with Gasteiger partial charge in [-0.2, -0.15) is 0 Å². The molecule has 0 aliphatic heterocycles. The van der Waals surface area contributed by atoms with E-state index in [9.17, 15) is 0 Å². The van der Waals surface area contributed by atoms with Crippen LogP contribution >= 0.6 is 0 Å². The van der Waals surface area contributed by atoms with Crippen molar-refractivity contribution in [2.24, 2.45) is 5.92 Å². The number of hydrogen-bond acceptors (Lipinski definition) is 0. The van der Waals surface area contributed by atoms with E-state index in [0.717, 1.165) is 5.92 Å². The highest BCUT2D eigenvalue weighted by Crippen LogP contribution is 2.23. The molecule has 0 spiro atoms. The number of rotatable bonds is 1. The van der Waals surface area contributed by atoms with Crippen molar-refractivity contribution >= 4 is 0 Å². The monoisotopic (exact) mass is 959 g/mol. The highest BCUT2D eigenvalue weighted by molar-refractivity contribution is 5.63. The zero-order chi connectivity index (χ0) is 53.5. The molecule has 0 atom stereocenters. The first-order valence-corrected chi connectivity index (χ1v) is 26.5. The van der Waals surface area contributed by atoms with E-state index in [0.29, 0.717) is 0 Å². The Morgan fingerprint density at radius 3 is 0.944 bits per heavy atom. The molecule has 0 amide bonds. The van der Waals surface area contributed by atoms with Gasteiger partial charge < -0.3 is 0 Å². The molecule has 1 aliphatic rings. The molecule has 1 saturated carbocycles. The van der Waals surface area contributed by atoms with E-state index < -0.39 is 0 Å². The molecule has 8 aromatic rings. The Bertz CT molecular complexity index is 2530. The van der Waals surface area contributed by atoms with Gasteiger partial charge in [-0.25, -0.2) is 0 Å². The van der Waals surface area contributed by atoms with Crippen molar-refractivity contribution in [3.8, 4) is 11.1 Å². The molecule has 382 valence electrons. The Morgan fingerprint density at radius 2 is 0.625 bits per heavy atom. The van der Waals surface area contributed by atoms with Crippen molar-refractivity contribution in [2.75, 3.05) is 0 Å². The van der Waals surface area contributed by atoms with Gasteiger partial charge in [-0.1, -0.05) is 298 Å². The van der Waals surface area contributed by atoms with Crippen molar-refractivity contribution in [1.82, 2.24) is 0 Å². The number of benzene rings is 8. The van der Waals surface area contributed by atoms with Crippen LogP contribution in [-0.2, 0) is 5.41 Å². The molecule has 1 aliphatic carbocycles. The smallest absolute Gasteiger partial charge is 0.0132 e. The maximum Gasteiger partial charge on any atom is -0.0132 e. The molecular weight excluding hydrogens is 865 g/mol. The second-order valence-corrected chi connectivity index (χ2v) is 21.2. The van der Waals surface area contributed by atoms with Gasteiger partial charge >= 0.3 is 0 Å². The Balaban J connectivity index is 0.000000285. The normalized spacial score (nSPS) is 11.3. The quantitative estimate of drug-likeness (QED) is 0.154. The van der Waals surface area contributed by atoms with Crippen LogP contribution in [0.15, 0.2) is 194 Å². The topological polar surface area (TPSA) is 0 Å². The highest BCUT2D eigenvalue weighted by Gasteiger charge is 2.12. The first kappa shape index (κ1) is 61.9. The van der Waals surface area contributed by atoms with Crippen molar-refractivity contribution in [1.29, 1.82) is 0 Å². The summed E-state index contributed by atoms with van der Waals surface area (Å²) in [4.78, 5) is 0. The summed E-state index contributed by atoms with van der Waals surface area (Å²) in [6.45, 7) is 36.6. The third-order valence-corrected chi connectivity index (χ3v) is 12.8. The van der Waals surface area contributed by atoms with Crippen LogP contribution in [0.25, 0.3) is 11.1 Å². The van der Waals surface area contributed by atoms with Gasteiger partial charge in [-0.15, -0.1) is 0 Å². The van der Waals surface area contributed by atoms with Gasteiger partial charge in [0.1, 0.15) is 0 Å². The Labute approximate surface area is 442 Å². The highest BCUT2D eigenvalue weighted by atomic mass is 14.2. The summed E-state index contributed by atoms with van der Waals surface area (Å²) < 4.78 is 0. The van der Waals surface area contributed by atoms with E-state index in [1.807, 2.05) is 24.3 Å². The third-order valence-electron chi connectivity index (χ3n) is 12.8. The van der Waals surface area contributed by atoms with E-state index in [2.05, 4.69) is 288 Å². The van der Waals surface area contributed by atoms with Gasteiger partial charge in [0.2, 0.25) is 0 Å². The third kappa shape index (κ3) is 28.0. The maximum atomic E-state index is 2.36. The van der Waals surface area contributed by atoms with Gasteiger partial charge in [0.15, 0.2) is 0 Å². The molecule has 0 aromatic heterocycles. The summed E-state index contributed by atoms with van der Waals surface area (Å²) in [6.07, 6.45) is 7.44. The minimum atomic E-state index is 0.285. The van der Waals surface area contributed by atoms with Gasteiger partial charge in [0.05, 0.1) is 0 Å². The Morgan fingerprint density at radius 1 is 0.292 bits per heavy atom. The van der Waals surface area contributed by atoms with Crippen LogP contribution in [0.5, 0.6) is 0 Å². The van der Waals surface area contributed by atoms with Gasteiger partial charge in [-0.05, 0) is 146 Å². The molecule has 1 fully saturated rings. The average Bonchev–Trinajstić information content (AvgIpc) is 3.35. The van der Waals surface area contributed by atoms with Crippen LogP contribution < -0.4 is 0 Å². The van der Waals surface area contributed by atoms with Gasteiger partial charge in [0.25, 0.3) is 0 Å². The van der Waals surface area contributed by atoms with Crippen LogP contribution in [0.2, 0.25) is 0 Å². The molecule has 0 nitrogen and oxygen atoms in total. The van der Waals surface area contributed by atoms with Crippen LogP contribution in [0.1, 0.15) is 138 Å². The average molecular weight is 960 g/mol. The lowest BCUT2D eigenvalue weighted by Crippen LogP contribution is -2.10. The minimum absolute atomic E-state index is 0.285. The van der Waals surface area contributed by atoms with E-state index in [-0.39, 0.29) is 5.41 Å². The van der Waals surface area contributed by atoms with E-state index >= 15 is 0 Å². The summed E-state index contributed by atoms with van der Waals surface area (Å²) in [7, 11) is 0. The van der Waals surface area contributed by atoms with Crippen molar-refractivity contribution in [3.63, 3.8) is 0 Å². The standard InChI is InChI=1S/C13H12.C11H16.C10H14.3C8H10.C7H14.C7H8/c1-11-7-9-13(10-8-11)12-5-3-2-4-6-12;1-9-5-7-10(8-6-9)11(2,3)4;1-7-5-8(2)10(4)9(3)6-7;1-7-3-5-8(2)6-4-7;1-7-4-3-5-8(2)6-7;1-7-5-3-4-6-8(7)2;2*1-7-5-3-2-4-6-7/h2-10H,1H3;5-8H,1-4H3;5-6H,1-4H3;3*3-6H,1-2H3;7H,2-6H2,1H3;2-6H,1H3. The summed E-state index contributed by atoms with van der Waals surface area (Å²) >= 11 is 0. The summed E-state index contributed by atoms with van der Waals surface area (Å²) in [6, 6.07) is 67.8. The van der Waals surface area contributed by atoms with Crippen LogP contribution in [0.3, 0.4) is 0 Å². The predicted octanol–water partition coefficient (Wildman–Crippen LogP) is 21.4. The second-order valence-electron chi connectivity index (χ2n) is 21.2. The fraction of sp³-hybridized carbons (Fsp3) is 0.333. The van der Waals surface area contributed by atoms with E-state index in [4.69, 9.17) is 0 Å². The SMILES string of the molecule is CC1CCCCC1.Cc1cc(C)c(C)c(C)c1.Cc1ccc(-c2ccccc2)cc1.Cc1ccc(C(C)(C)C)cc1.Cc1ccc(C)cc1.Cc1cccc(C)c1.Cc1ccccc1.Cc1ccccc1C. The molecule has 0 unspecified atom stereocenters. The van der Waals surface area contributed by atoms with Crippen molar-refractivity contribution < 1.29 is 0 Å². The summed E-state index contributed by atoms with van der Waals surface area (Å²) in [5, 5.41) is 0. The zero-order valence-electron chi connectivity index (χ0n) is 48.1. The summed E-state index contributed by atoms with van der Waals surface area (Å²) in [5.41, 5.74) is 21.9. The fourth-order valence-electron chi connectivity index (χ4n) is 7.63. The largest absolute Gasteiger partial charge is 0.0625 e. The van der Waals surface area contributed by atoms with E-state index in [1.165, 1.54) is 121 Å². The lowest BCUT2D eigenvalue weighted by Gasteiger charge is -2.18. The molecule has 0 N–H and O–H groups in total. The van der Waals surface area contributed by atoms with Crippen LogP contribution in [0.4, 0.5) is 0 Å². The molecule has 0 heterocycles. The Kier molecular flexibility index (Phi) is 29.4. The first-order chi connectivity index (χ1) is 34.1. The molecule has 0 bridgehead atoms. The molecule has 72 heavy (non-hydrogen) atoms. The predicted molar refractivity (Wildman–Crippen MR) is 323 cm³/mol. The second kappa shape index (κ2) is 34.2. The summed E-state index contributed by atoms with van der Waals surface area (Å²) in [5.74, 6) is 1.04. The van der Waals surface area contributed by atoms with Gasteiger partial charge in [0, 0.05) is 0 Å². The van der Waals surface area contributed by atoms with Crippen LogP contribution in [0, 0.1) is 95.9 Å².